The molecule has 2 aromatic carbocycles. The van der Waals surface area contributed by atoms with E-state index in [-0.39, 0.29) is 5.91 Å². The van der Waals surface area contributed by atoms with Gasteiger partial charge >= 0.3 is 0 Å². The molecular weight excluding hydrogens is 360 g/mol. The molecule has 1 aliphatic heterocycles. The molecule has 0 spiro atoms. The van der Waals surface area contributed by atoms with Crippen LogP contribution in [0.4, 0.5) is 11.4 Å². The Balaban J connectivity index is 1.35. The zero-order valence-electron chi connectivity index (χ0n) is 17.1. The lowest BCUT2D eigenvalue weighted by molar-refractivity contribution is 0.102. The topological polar surface area (TPSA) is 40.5 Å². The Morgan fingerprint density at radius 3 is 2.00 bits per heavy atom. The normalized spacial score (nSPS) is 14.9. The number of rotatable bonds is 5. The summed E-state index contributed by atoms with van der Waals surface area (Å²) in [6, 6.07) is 20.3. The predicted octanol–water partition coefficient (Wildman–Crippen LogP) is 4.26. The molecule has 0 aliphatic carbocycles. The lowest BCUT2D eigenvalue weighted by Crippen LogP contribution is -2.48. The van der Waals surface area contributed by atoms with Gasteiger partial charge in [0.05, 0.1) is 0 Å². The lowest BCUT2D eigenvalue weighted by Gasteiger charge is -2.38. The number of nitrogens with zero attached hydrogens (tertiary/aromatic N) is 3. The summed E-state index contributed by atoms with van der Waals surface area (Å²) in [4.78, 5) is 17.5. The maximum absolute atomic E-state index is 12.6. The molecule has 0 bridgehead atoms. The van der Waals surface area contributed by atoms with Gasteiger partial charge in [-0.25, -0.2) is 0 Å². The first-order chi connectivity index (χ1) is 14.1. The van der Waals surface area contributed by atoms with E-state index in [4.69, 9.17) is 0 Å². The van der Waals surface area contributed by atoms with Crippen molar-refractivity contribution in [3.05, 3.63) is 78.6 Å². The molecule has 150 valence electrons. The Morgan fingerprint density at radius 1 is 0.828 bits per heavy atom. The SMILES string of the molecule is CC(C)N1CCN(c2ccc(NC(=O)c3ccc(-n4cccc4)cc3)cc2)CC1. The lowest BCUT2D eigenvalue weighted by atomic mass is 10.1. The smallest absolute Gasteiger partial charge is 0.255 e. The molecule has 0 atom stereocenters. The van der Waals surface area contributed by atoms with E-state index in [0.717, 1.165) is 37.6 Å². The third kappa shape index (κ3) is 4.51. The average molecular weight is 389 g/mol. The standard InChI is InChI=1S/C24H28N4O/c1-19(2)26-15-17-28(18-16-26)23-11-7-21(8-12-23)25-24(29)20-5-9-22(10-6-20)27-13-3-4-14-27/h3-14,19H,15-18H2,1-2H3,(H,25,29). The third-order valence-electron chi connectivity index (χ3n) is 5.57. The number of anilines is 2. The molecule has 5 nitrogen and oxygen atoms in total. The van der Waals surface area contributed by atoms with E-state index in [1.807, 2.05) is 65.5 Å². The van der Waals surface area contributed by atoms with Gasteiger partial charge in [-0.05, 0) is 74.5 Å². The summed E-state index contributed by atoms with van der Waals surface area (Å²) in [6.07, 6.45) is 3.97. The van der Waals surface area contributed by atoms with Crippen LogP contribution in [0, 0.1) is 0 Å². The van der Waals surface area contributed by atoms with E-state index >= 15 is 0 Å². The fourth-order valence-corrected chi connectivity index (χ4v) is 3.75. The minimum atomic E-state index is -0.0950. The van der Waals surface area contributed by atoms with Crippen LogP contribution >= 0.6 is 0 Å². The molecule has 3 aromatic rings. The van der Waals surface area contributed by atoms with Crippen LogP contribution in [0.25, 0.3) is 5.69 Å². The second-order valence-corrected chi connectivity index (χ2v) is 7.75. The molecule has 29 heavy (non-hydrogen) atoms. The van der Waals surface area contributed by atoms with E-state index in [1.54, 1.807) is 0 Å². The van der Waals surface area contributed by atoms with Crippen molar-refractivity contribution in [2.45, 2.75) is 19.9 Å². The molecule has 1 aliphatic rings. The van der Waals surface area contributed by atoms with Crippen molar-refractivity contribution in [2.24, 2.45) is 0 Å². The number of nitrogens with one attached hydrogen (secondary N) is 1. The highest BCUT2D eigenvalue weighted by Crippen LogP contribution is 2.21. The molecule has 0 radical (unpaired) electrons. The summed E-state index contributed by atoms with van der Waals surface area (Å²) in [6.45, 7) is 8.77. The van der Waals surface area contributed by atoms with Gasteiger partial charge in [-0.2, -0.15) is 0 Å². The molecule has 1 fully saturated rings. The molecule has 1 amide bonds. The number of benzene rings is 2. The van der Waals surface area contributed by atoms with Gasteiger partial charge in [-0.1, -0.05) is 0 Å². The maximum atomic E-state index is 12.6. The number of hydrogen-bond acceptors (Lipinski definition) is 3. The number of aromatic nitrogens is 1. The first kappa shape index (κ1) is 19.3. The molecule has 5 heteroatoms. The van der Waals surface area contributed by atoms with Gasteiger partial charge in [0, 0.05) is 67.2 Å². The van der Waals surface area contributed by atoms with Crippen molar-refractivity contribution in [3.8, 4) is 5.69 Å². The highest BCUT2D eigenvalue weighted by Gasteiger charge is 2.19. The summed E-state index contributed by atoms with van der Waals surface area (Å²) in [7, 11) is 0. The number of amides is 1. The van der Waals surface area contributed by atoms with Crippen LogP contribution in [0.5, 0.6) is 0 Å². The van der Waals surface area contributed by atoms with Gasteiger partial charge in [0.1, 0.15) is 0 Å². The molecule has 4 rings (SSSR count). The fraction of sp³-hybridized carbons (Fsp3) is 0.292. The number of hydrogen-bond donors (Lipinski definition) is 1. The Hall–Kier alpha value is -3.05. The van der Waals surface area contributed by atoms with E-state index in [2.05, 4.69) is 41.1 Å². The Bertz CT molecular complexity index is 922. The quantitative estimate of drug-likeness (QED) is 0.710. The van der Waals surface area contributed by atoms with E-state index in [0.29, 0.717) is 11.6 Å². The molecular formula is C24H28N4O. The van der Waals surface area contributed by atoms with E-state index < -0.39 is 0 Å². The molecule has 1 N–H and O–H groups in total. The van der Waals surface area contributed by atoms with Crippen LogP contribution in [0.3, 0.4) is 0 Å². The zero-order valence-corrected chi connectivity index (χ0v) is 17.1. The van der Waals surface area contributed by atoms with Crippen LogP contribution in [0.2, 0.25) is 0 Å². The van der Waals surface area contributed by atoms with E-state index in [9.17, 15) is 4.79 Å². The van der Waals surface area contributed by atoms with Crippen LogP contribution in [0.15, 0.2) is 73.1 Å². The number of carbonyl (C=O) groups is 1. The van der Waals surface area contributed by atoms with Gasteiger partial charge in [-0.15, -0.1) is 0 Å². The van der Waals surface area contributed by atoms with Crippen molar-refractivity contribution in [1.82, 2.24) is 9.47 Å². The summed E-state index contributed by atoms with van der Waals surface area (Å²) in [5, 5.41) is 2.99. The van der Waals surface area contributed by atoms with Gasteiger partial charge in [0.25, 0.3) is 5.91 Å². The molecule has 2 heterocycles. The summed E-state index contributed by atoms with van der Waals surface area (Å²) < 4.78 is 2.02. The third-order valence-corrected chi connectivity index (χ3v) is 5.57. The Morgan fingerprint density at radius 2 is 1.41 bits per heavy atom. The van der Waals surface area contributed by atoms with Crippen LogP contribution < -0.4 is 10.2 Å². The van der Waals surface area contributed by atoms with Crippen LogP contribution in [0.1, 0.15) is 24.2 Å². The van der Waals surface area contributed by atoms with Crippen LogP contribution in [-0.2, 0) is 0 Å². The minimum absolute atomic E-state index is 0.0950. The van der Waals surface area contributed by atoms with Crippen molar-refractivity contribution in [1.29, 1.82) is 0 Å². The second kappa shape index (κ2) is 8.53. The maximum Gasteiger partial charge on any atom is 0.255 e. The van der Waals surface area contributed by atoms with E-state index in [1.165, 1.54) is 5.69 Å². The summed E-state index contributed by atoms with van der Waals surface area (Å²) in [5.41, 5.74) is 3.71. The van der Waals surface area contributed by atoms with Gasteiger partial charge in [-0.3, -0.25) is 9.69 Å². The molecule has 0 unspecified atom stereocenters. The first-order valence-electron chi connectivity index (χ1n) is 10.2. The second-order valence-electron chi connectivity index (χ2n) is 7.75. The number of piperazine rings is 1. The largest absolute Gasteiger partial charge is 0.369 e. The van der Waals surface area contributed by atoms with Gasteiger partial charge < -0.3 is 14.8 Å². The molecule has 1 saturated heterocycles. The zero-order chi connectivity index (χ0) is 20.2. The van der Waals surface area contributed by atoms with Crippen LogP contribution in [-0.4, -0.2) is 47.6 Å². The van der Waals surface area contributed by atoms with Crippen molar-refractivity contribution in [2.75, 3.05) is 36.4 Å². The van der Waals surface area contributed by atoms with Gasteiger partial charge in [0.15, 0.2) is 0 Å². The number of carbonyl (C=O) groups excluding carboxylic acids is 1. The fourth-order valence-electron chi connectivity index (χ4n) is 3.75. The molecule has 1 aromatic heterocycles. The van der Waals surface area contributed by atoms with Crippen molar-refractivity contribution >= 4 is 17.3 Å². The summed E-state index contributed by atoms with van der Waals surface area (Å²) >= 11 is 0. The Labute approximate surface area is 172 Å². The average Bonchev–Trinajstić information content (AvgIpc) is 3.29. The predicted molar refractivity (Wildman–Crippen MR) is 119 cm³/mol. The highest BCUT2D eigenvalue weighted by atomic mass is 16.1. The van der Waals surface area contributed by atoms with Gasteiger partial charge in [0.2, 0.25) is 0 Å². The summed E-state index contributed by atoms with van der Waals surface area (Å²) in [5.74, 6) is -0.0950. The van der Waals surface area contributed by atoms with Crippen molar-refractivity contribution < 1.29 is 4.79 Å². The highest BCUT2D eigenvalue weighted by molar-refractivity contribution is 6.04. The minimum Gasteiger partial charge on any atom is -0.369 e. The van der Waals surface area contributed by atoms with Crippen molar-refractivity contribution in [3.63, 3.8) is 0 Å². The molecule has 0 saturated carbocycles. The monoisotopic (exact) mass is 388 g/mol. The Kier molecular flexibility index (Phi) is 5.67. The first-order valence-corrected chi connectivity index (χ1v) is 10.2.